The molecule has 11 heavy (non-hydrogen) atoms. The standard InChI is InChI=1S/C8H15O.H2O.V/c1-3-4-5-6-8(2)7-9;;/h8H,3-6H2,1-2H3;1H2;/q-1;;. The molecule has 0 rings (SSSR count). The minimum atomic E-state index is 0. The summed E-state index contributed by atoms with van der Waals surface area (Å²) in [7, 11) is 0. The molecule has 0 aromatic rings. The fourth-order valence-electron chi connectivity index (χ4n) is 0.759. The number of unbranched alkanes of at least 4 members (excludes halogenated alkanes) is 2. The van der Waals surface area contributed by atoms with Crippen molar-refractivity contribution in [2.45, 2.75) is 39.5 Å². The van der Waals surface area contributed by atoms with Crippen molar-refractivity contribution in [3.05, 3.63) is 0 Å². The first-order valence-corrected chi connectivity index (χ1v) is 3.69. The van der Waals surface area contributed by atoms with E-state index in [1.807, 2.05) is 13.2 Å². The van der Waals surface area contributed by atoms with Crippen molar-refractivity contribution in [3.63, 3.8) is 0 Å². The molecule has 3 heteroatoms. The van der Waals surface area contributed by atoms with Gasteiger partial charge in [-0.1, -0.05) is 39.5 Å². The van der Waals surface area contributed by atoms with E-state index in [9.17, 15) is 4.79 Å². The molecule has 0 aliphatic heterocycles. The molecule has 1 atom stereocenters. The molecule has 0 bridgehead atoms. The van der Waals surface area contributed by atoms with Crippen molar-refractivity contribution in [1.82, 2.24) is 0 Å². The second-order valence-electron chi connectivity index (χ2n) is 2.51. The average Bonchev–Trinajstić information content (AvgIpc) is 1.89. The number of rotatable bonds is 5. The van der Waals surface area contributed by atoms with Gasteiger partial charge in [0.05, 0.1) is 0 Å². The van der Waals surface area contributed by atoms with Gasteiger partial charge in [-0.3, -0.25) is 6.29 Å². The van der Waals surface area contributed by atoms with E-state index in [4.69, 9.17) is 0 Å². The summed E-state index contributed by atoms with van der Waals surface area (Å²) in [6.07, 6.45) is 6.63. The largest absolute Gasteiger partial charge is 0.542 e. The van der Waals surface area contributed by atoms with Gasteiger partial charge >= 0.3 is 0 Å². The van der Waals surface area contributed by atoms with Crippen LogP contribution in [0.3, 0.4) is 0 Å². The molecule has 1 radical (unpaired) electrons. The van der Waals surface area contributed by atoms with Gasteiger partial charge in [-0.05, 0) is 0 Å². The van der Waals surface area contributed by atoms with E-state index in [1.54, 1.807) is 0 Å². The molecule has 0 heterocycles. The molecular weight excluding hydrogens is 179 g/mol. The molecule has 0 saturated carbocycles. The SMILES string of the molecule is CCCCCC(C)[C-]=O.O.[V]. The molecule has 0 aliphatic carbocycles. The van der Waals surface area contributed by atoms with Crippen molar-refractivity contribution in [1.29, 1.82) is 0 Å². The zero-order valence-corrected chi connectivity index (χ0v) is 8.66. The van der Waals surface area contributed by atoms with Crippen LogP contribution >= 0.6 is 0 Å². The maximum atomic E-state index is 9.97. The Hall–Kier alpha value is 0.214. The van der Waals surface area contributed by atoms with E-state index in [0.717, 1.165) is 6.42 Å². The van der Waals surface area contributed by atoms with E-state index in [2.05, 4.69) is 6.92 Å². The van der Waals surface area contributed by atoms with Gasteiger partial charge in [0.2, 0.25) is 0 Å². The molecule has 1 unspecified atom stereocenters. The van der Waals surface area contributed by atoms with Crippen molar-refractivity contribution in [3.8, 4) is 0 Å². The molecule has 67 valence electrons. The maximum Gasteiger partial charge on any atom is 0 e. The van der Waals surface area contributed by atoms with Crippen molar-refractivity contribution >= 4 is 6.29 Å². The minimum Gasteiger partial charge on any atom is -0.542 e. The first kappa shape index (κ1) is 17.3. The summed E-state index contributed by atoms with van der Waals surface area (Å²) in [6.45, 7) is 4.08. The van der Waals surface area contributed by atoms with Gasteiger partial charge < -0.3 is 10.3 Å². The molecule has 0 aromatic heterocycles. The van der Waals surface area contributed by atoms with Crippen LogP contribution in [0.1, 0.15) is 39.5 Å². The van der Waals surface area contributed by atoms with E-state index in [-0.39, 0.29) is 29.9 Å². The summed E-state index contributed by atoms with van der Waals surface area (Å²) in [6, 6.07) is 0. The molecule has 0 fully saturated rings. The van der Waals surface area contributed by atoms with Crippen LogP contribution in [0.5, 0.6) is 0 Å². The Bertz CT molecular complexity index is 76.5. The van der Waals surface area contributed by atoms with Crippen molar-refractivity contribution < 1.29 is 28.8 Å². The molecule has 0 amide bonds. The van der Waals surface area contributed by atoms with Crippen LogP contribution in [-0.2, 0) is 23.4 Å². The molecule has 0 spiro atoms. The van der Waals surface area contributed by atoms with Crippen LogP contribution in [0.15, 0.2) is 0 Å². The fraction of sp³-hybridized carbons (Fsp3) is 0.875. The minimum absolute atomic E-state index is 0. The normalized spacial score (nSPS) is 10.7. The summed E-state index contributed by atoms with van der Waals surface area (Å²) in [4.78, 5) is 9.97. The van der Waals surface area contributed by atoms with Gasteiger partial charge in [-0.15, -0.1) is 5.92 Å². The Labute approximate surface area is 80.9 Å². The quantitative estimate of drug-likeness (QED) is 0.485. The van der Waals surface area contributed by atoms with Crippen LogP contribution in [0.4, 0.5) is 0 Å². The van der Waals surface area contributed by atoms with Crippen LogP contribution in [0.2, 0.25) is 0 Å². The predicted molar refractivity (Wildman–Crippen MR) is 42.6 cm³/mol. The van der Waals surface area contributed by atoms with Crippen LogP contribution in [-0.4, -0.2) is 11.8 Å². The molecule has 0 aliphatic rings. The molecular formula is C8H17O2V-. The maximum absolute atomic E-state index is 9.97. The third-order valence-corrected chi connectivity index (χ3v) is 1.44. The first-order chi connectivity index (χ1) is 4.31. The fourth-order valence-corrected chi connectivity index (χ4v) is 0.759. The topological polar surface area (TPSA) is 48.6 Å². The predicted octanol–water partition coefficient (Wildman–Crippen LogP) is 1.49. The molecule has 0 aromatic carbocycles. The van der Waals surface area contributed by atoms with E-state index < -0.39 is 0 Å². The van der Waals surface area contributed by atoms with Gasteiger partial charge in [0.1, 0.15) is 0 Å². The van der Waals surface area contributed by atoms with E-state index >= 15 is 0 Å². The molecule has 2 nitrogen and oxygen atoms in total. The zero-order chi connectivity index (χ0) is 7.11. The van der Waals surface area contributed by atoms with Crippen LogP contribution in [0.25, 0.3) is 0 Å². The third-order valence-electron chi connectivity index (χ3n) is 1.44. The van der Waals surface area contributed by atoms with E-state index in [0.29, 0.717) is 0 Å². The van der Waals surface area contributed by atoms with Gasteiger partial charge in [-0.2, -0.15) is 0 Å². The van der Waals surface area contributed by atoms with Gasteiger partial charge in [0, 0.05) is 18.6 Å². The third kappa shape index (κ3) is 13.2. The average molecular weight is 196 g/mol. The summed E-state index contributed by atoms with van der Waals surface area (Å²) >= 11 is 0. The van der Waals surface area contributed by atoms with E-state index in [1.165, 1.54) is 19.3 Å². The van der Waals surface area contributed by atoms with Crippen molar-refractivity contribution in [2.75, 3.05) is 0 Å². The number of hydrogen-bond donors (Lipinski definition) is 0. The van der Waals surface area contributed by atoms with Crippen molar-refractivity contribution in [2.24, 2.45) is 5.92 Å². The Kier molecular flexibility index (Phi) is 20.3. The number of hydrogen-bond acceptors (Lipinski definition) is 1. The monoisotopic (exact) mass is 196 g/mol. The summed E-state index contributed by atoms with van der Waals surface area (Å²) in [5.41, 5.74) is 0. The second-order valence-corrected chi connectivity index (χ2v) is 2.51. The summed E-state index contributed by atoms with van der Waals surface area (Å²) in [5.74, 6) is 0.150. The Balaban J connectivity index is -0.000000320. The first-order valence-electron chi connectivity index (χ1n) is 3.69. The Morgan fingerprint density at radius 1 is 1.36 bits per heavy atom. The second kappa shape index (κ2) is 12.9. The Morgan fingerprint density at radius 3 is 2.27 bits per heavy atom. The molecule has 0 saturated heterocycles. The van der Waals surface area contributed by atoms with Gasteiger partial charge in [-0.25, -0.2) is 0 Å². The molecule has 2 N–H and O–H groups in total. The van der Waals surface area contributed by atoms with Gasteiger partial charge in [0.25, 0.3) is 0 Å². The summed E-state index contributed by atoms with van der Waals surface area (Å²) in [5, 5.41) is 0. The van der Waals surface area contributed by atoms with Gasteiger partial charge in [0.15, 0.2) is 0 Å². The zero-order valence-electron chi connectivity index (χ0n) is 7.26. The Morgan fingerprint density at radius 2 is 1.91 bits per heavy atom. The van der Waals surface area contributed by atoms with Crippen LogP contribution in [0, 0.1) is 5.92 Å². The summed E-state index contributed by atoms with van der Waals surface area (Å²) < 4.78 is 0. The number of carbonyl (C=O) groups excluding carboxylic acids is 1. The smallest absolute Gasteiger partial charge is 0 e. The van der Waals surface area contributed by atoms with Crippen LogP contribution < -0.4 is 0 Å².